The minimum atomic E-state index is -0.223. The van der Waals surface area contributed by atoms with Gasteiger partial charge >= 0.3 is 0 Å². The summed E-state index contributed by atoms with van der Waals surface area (Å²) in [4.78, 5) is 14.0. The van der Waals surface area contributed by atoms with Gasteiger partial charge in [0.25, 0.3) is 0 Å². The van der Waals surface area contributed by atoms with E-state index in [1.165, 1.54) is 12.1 Å². The normalized spacial score (nSPS) is 11.7. The Hall–Kier alpha value is -2.23. The molecule has 1 unspecified atom stereocenters. The Labute approximate surface area is 119 Å². The summed E-state index contributed by atoms with van der Waals surface area (Å²) >= 11 is 0. The zero-order valence-corrected chi connectivity index (χ0v) is 11.7. The van der Waals surface area contributed by atoms with E-state index in [0.29, 0.717) is 19.5 Å². The molecule has 0 radical (unpaired) electrons. The number of nitrogens with zero attached hydrogens (tertiary/aromatic N) is 1. The van der Waals surface area contributed by atoms with Gasteiger partial charge in [-0.2, -0.15) is 0 Å². The van der Waals surface area contributed by atoms with Crippen molar-refractivity contribution in [3.63, 3.8) is 0 Å². The van der Waals surface area contributed by atoms with Crippen molar-refractivity contribution in [2.24, 2.45) is 5.92 Å². The number of phenols is 2. The number of benzene rings is 1. The van der Waals surface area contributed by atoms with Crippen LogP contribution in [0.3, 0.4) is 0 Å². The van der Waals surface area contributed by atoms with Crippen molar-refractivity contribution >= 4 is 5.91 Å². The summed E-state index contributed by atoms with van der Waals surface area (Å²) in [7, 11) is 0. The number of carbonyl (C=O) groups is 1. The number of phenolic OH excluding ortho intramolecular Hbond substituents is 2. The fourth-order valence-corrected chi connectivity index (χ4v) is 2.01. The zero-order valence-electron chi connectivity index (χ0n) is 11.7. The van der Waals surface area contributed by atoms with Gasteiger partial charge in [0, 0.05) is 19.0 Å². The monoisotopic (exact) mass is 275 g/mol. The topological polar surface area (TPSA) is 60.8 Å². The Morgan fingerprint density at radius 1 is 1.25 bits per heavy atom. The molecule has 0 aromatic heterocycles. The Kier molecular flexibility index (Phi) is 5.84. The molecule has 0 bridgehead atoms. The lowest BCUT2D eigenvalue weighted by atomic mass is 9.99. The van der Waals surface area contributed by atoms with Gasteiger partial charge in [0.05, 0.1) is 0 Å². The molecule has 20 heavy (non-hydrogen) atoms. The first-order chi connectivity index (χ1) is 9.49. The summed E-state index contributed by atoms with van der Waals surface area (Å²) in [5, 5.41) is 18.7. The van der Waals surface area contributed by atoms with E-state index in [0.717, 1.165) is 5.56 Å². The lowest BCUT2D eigenvalue weighted by Gasteiger charge is -2.23. The fourth-order valence-electron chi connectivity index (χ4n) is 2.01. The maximum Gasteiger partial charge on any atom is 0.226 e. The molecule has 0 heterocycles. The van der Waals surface area contributed by atoms with Gasteiger partial charge in [-0.05, 0) is 24.1 Å². The average Bonchev–Trinajstić information content (AvgIpc) is 2.42. The lowest BCUT2D eigenvalue weighted by molar-refractivity contribution is -0.133. The molecule has 1 amide bonds. The van der Waals surface area contributed by atoms with Gasteiger partial charge < -0.3 is 15.1 Å². The first kappa shape index (κ1) is 15.8. The van der Waals surface area contributed by atoms with Crippen LogP contribution in [0.2, 0.25) is 0 Å². The fraction of sp³-hybridized carbons (Fsp3) is 0.312. The molecule has 0 spiro atoms. The first-order valence-electron chi connectivity index (χ1n) is 6.51. The molecule has 0 aliphatic carbocycles. The second-order valence-electron chi connectivity index (χ2n) is 4.75. The van der Waals surface area contributed by atoms with Crippen molar-refractivity contribution in [3.8, 4) is 11.5 Å². The minimum Gasteiger partial charge on any atom is -0.504 e. The summed E-state index contributed by atoms with van der Waals surface area (Å²) in [5.41, 5.74) is 0.804. The van der Waals surface area contributed by atoms with Crippen molar-refractivity contribution < 1.29 is 15.0 Å². The largest absolute Gasteiger partial charge is 0.504 e. The van der Waals surface area contributed by atoms with Gasteiger partial charge in [-0.25, -0.2) is 0 Å². The summed E-state index contributed by atoms with van der Waals surface area (Å²) in [6.45, 7) is 10.1. The molecule has 0 saturated carbocycles. The van der Waals surface area contributed by atoms with Crippen LogP contribution >= 0.6 is 0 Å². The molecule has 0 saturated heterocycles. The van der Waals surface area contributed by atoms with Crippen LogP contribution in [-0.4, -0.2) is 34.1 Å². The van der Waals surface area contributed by atoms with Gasteiger partial charge in [0.2, 0.25) is 5.91 Å². The maximum atomic E-state index is 12.3. The SMILES string of the molecule is C=CCN(CC=C)C(=O)C(C)Cc1ccc(O)c(O)c1. The van der Waals surface area contributed by atoms with Crippen molar-refractivity contribution in [3.05, 3.63) is 49.1 Å². The van der Waals surface area contributed by atoms with Crippen LogP contribution in [0.1, 0.15) is 12.5 Å². The highest BCUT2D eigenvalue weighted by molar-refractivity contribution is 5.79. The molecular weight excluding hydrogens is 254 g/mol. The lowest BCUT2D eigenvalue weighted by Crippen LogP contribution is -2.36. The van der Waals surface area contributed by atoms with Crippen molar-refractivity contribution in [2.75, 3.05) is 13.1 Å². The highest BCUT2D eigenvalue weighted by Gasteiger charge is 2.19. The smallest absolute Gasteiger partial charge is 0.226 e. The highest BCUT2D eigenvalue weighted by atomic mass is 16.3. The van der Waals surface area contributed by atoms with Crippen LogP contribution in [0.4, 0.5) is 0 Å². The molecule has 2 N–H and O–H groups in total. The summed E-state index contributed by atoms with van der Waals surface area (Å²) < 4.78 is 0. The average molecular weight is 275 g/mol. The van der Waals surface area contributed by atoms with Crippen LogP contribution in [0.15, 0.2) is 43.5 Å². The standard InChI is InChI=1S/C16H21NO3/c1-4-8-17(9-5-2)16(20)12(3)10-13-6-7-14(18)15(19)11-13/h4-7,11-12,18-19H,1-2,8-10H2,3H3. The van der Waals surface area contributed by atoms with Gasteiger partial charge in [0.1, 0.15) is 0 Å². The Morgan fingerprint density at radius 2 is 1.85 bits per heavy atom. The molecule has 1 aromatic rings. The van der Waals surface area contributed by atoms with Crippen molar-refractivity contribution in [1.29, 1.82) is 0 Å². The zero-order chi connectivity index (χ0) is 15.1. The van der Waals surface area contributed by atoms with Crippen LogP contribution < -0.4 is 0 Å². The number of rotatable bonds is 7. The predicted octanol–water partition coefficient (Wildman–Crippen LogP) is 2.48. The summed E-state index contributed by atoms with van der Waals surface area (Å²) in [6, 6.07) is 4.60. The van der Waals surface area contributed by atoms with E-state index in [2.05, 4.69) is 13.2 Å². The van der Waals surface area contributed by atoms with Crippen LogP contribution in [0.25, 0.3) is 0 Å². The molecule has 1 atom stereocenters. The van der Waals surface area contributed by atoms with Crippen LogP contribution in [-0.2, 0) is 11.2 Å². The molecule has 1 rings (SSSR count). The van der Waals surface area contributed by atoms with Crippen LogP contribution in [0.5, 0.6) is 11.5 Å². The van der Waals surface area contributed by atoms with Gasteiger partial charge in [-0.1, -0.05) is 25.1 Å². The highest BCUT2D eigenvalue weighted by Crippen LogP contribution is 2.26. The van der Waals surface area contributed by atoms with Gasteiger partial charge in [-0.3, -0.25) is 4.79 Å². The molecule has 4 nitrogen and oxygen atoms in total. The Morgan fingerprint density at radius 3 is 2.35 bits per heavy atom. The first-order valence-corrected chi connectivity index (χ1v) is 6.51. The van der Waals surface area contributed by atoms with E-state index in [9.17, 15) is 15.0 Å². The van der Waals surface area contributed by atoms with Crippen molar-refractivity contribution in [2.45, 2.75) is 13.3 Å². The minimum absolute atomic E-state index is 0.0114. The molecular formula is C16H21NO3. The molecule has 0 aliphatic rings. The number of hydrogen-bond donors (Lipinski definition) is 2. The third-order valence-corrected chi connectivity index (χ3v) is 3.01. The summed E-state index contributed by atoms with van der Waals surface area (Å²) in [5.74, 6) is -0.542. The third-order valence-electron chi connectivity index (χ3n) is 3.01. The second kappa shape index (κ2) is 7.38. The van der Waals surface area contributed by atoms with Crippen molar-refractivity contribution in [1.82, 2.24) is 4.90 Å². The van der Waals surface area contributed by atoms with Gasteiger partial charge in [-0.15, -0.1) is 13.2 Å². The molecule has 108 valence electrons. The molecule has 0 aliphatic heterocycles. The van der Waals surface area contributed by atoms with E-state index in [1.807, 2.05) is 6.92 Å². The maximum absolute atomic E-state index is 12.3. The number of aromatic hydroxyl groups is 2. The van der Waals surface area contributed by atoms with E-state index in [1.54, 1.807) is 23.1 Å². The number of hydrogen-bond acceptors (Lipinski definition) is 3. The molecule has 1 aromatic carbocycles. The van der Waals surface area contributed by atoms with E-state index < -0.39 is 0 Å². The number of carbonyl (C=O) groups excluding carboxylic acids is 1. The second-order valence-corrected chi connectivity index (χ2v) is 4.75. The third kappa shape index (κ3) is 4.16. The Bertz CT molecular complexity index is 486. The van der Waals surface area contributed by atoms with E-state index in [4.69, 9.17) is 0 Å². The van der Waals surface area contributed by atoms with E-state index in [-0.39, 0.29) is 23.3 Å². The Balaban J connectivity index is 2.74. The number of amides is 1. The van der Waals surface area contributed by atoms with Crippen LogP contribution in [0, 0.1) is 5.92 Å². The molecule has 4 heteroatoms. The quantitative estimate of drug-likeness (QED) is 0.593. The summed E-state index contributed by atoms with van der Waals surface area (Å²) in [6.07, 6.45) is 3.86. The van der Waals surface area contributed by atoms with Gasteiger partial charge in [0.15, 0.2) is 11.5 Å². The predicted molar refractivity (Wildman–Crippen MR) is 79.6 cm³/mol. The molecule has 0 fully saturated rings. The van der Waals surface area contributed by atoms with E-state index >= 15 is 0 Å².